The van der Waals surface area contributed by atoms with Crippen molar-refractivity contribution in [1.82, 2.24) is 4.90 Å². The molecule has 2 bridgehead atoms. The van der Waals surface area contributed by atoms with Gasteiger partial charge in [-0.2, -0.15) is 0 Å². The minimum absolute atomic E-state index is 0.0491. The molecule has 4 heteroatoms. The average molecular weight is 321 g/mol. The fourth-order valence-electron chi connectivity index (χ4n) is 3.85. The highest BCUT2D eigenvalue weighted by Gasteiger charge is 2.47. The van der Waals surface area contributed by atoms with E-state index in [0.29, 0.717) is 18.5 Å². The first kappa shape index (κ1) is 15.1. The minimum atomic E-state index is -0.638. The molecule has 2 aromatic carbocycles. The molecule has 0 aromatic heterocycles. The monoisotopic (exact) mass is 321 g/mol. The summed E-state index contributed by atoms with van der Waals surface area (Å²) in [6.45, 7) is 0.602. The summed E-state index contributed by atoms with van der Waals surface area (Å²) in [6.07, 6.45) is 1.21. The molecule has 2 aliphatic heterocycles. The lowest BCUT2D eigenvalue weighted by atomic mass is 9.92. The quantitative estimate of drug-likeness (QED) is 0.816. The lowest BCUT2D eigenvalue weighted by molar-refractivity contribution is -0.118. The van der Waals surface area contributed by atoms with Crippen LogP contribution in [0.25, 0.3) is 0 Å². The number of carbonyl (C=O) groups excluding carboxylic acids is 2. The third-order valence-corrected chi connectivity index (χ3v) is 5.05. The fourth-order valence-corrected chi connectivity index (χ4v) is 3.85. The fraction of sp³-hybridized carbons (Fsp3) is 0.300. The van der Waals surface area contributed by atoms with Crippen molar-refractivity contribution in [3.63, 3.8) is 0 Å². The van der Waals surface area contributed by atoms with Crippen molar-refractivity contribution < 1.29 is 14.3 Å². The molecule has 4 rings (SSSR count). The number of fused-ring (bicyclic) bond motifs is 3. The largest absolute Gasteiger partial charge is 0.497 e. The molecule has 1 fully saturated rings. The predicted octanol–water partition coefficient (Wildman–Crippen LogP) is 2.65. The SMILES string of the molecule is COc1ccc(CN2[C@H]3CC(=O)[C@@H]2C(=O)c2ccccc2C3)cc1. The maximum absolute atomic E-state index is 12.9. The van der Waals surface area contributed by atoms with Gasteiger partial charge in [0.1, 0.15) is 11.8 Å². The second-order valence-electron chi connectivity index (χ2n) is 6.47. The van der Waals surface area contributed by atoms with Crippen molar-refractivity contribution in [2.75, 3.05) is 7.11 Å². The van der Waals surface area contributed by atoms with Gasteiger partial charge in [0.15, 0.2) is 11.6 Å². The van der Waals surface area contributed by atoms with Crippen LogP contribution < -0.4 is 4.74 Å². The Morgan fingerprint density at radius 2 is 1.79 bits per heavy atom. The number of nitrogens with zero attached hydrogens (tertiary/aromatic N) is 1. The van der Waals surface area contributed by atoms with Crippen molar-refractivity contribution in [2.24, 2.45) is 0 Å². The van der Waals surface area contributed by atoms with Crippen LogP contribution in [-0.2, 0) is 17.8 Å². The first-order valence-corrected chi connectivity index (χ1v) is 8.21. The van der Waals surface area contributed by atoms with Gasteiger partial charge in [-0.25, -0.2) is 0 Å². The number of benzene rings is 2. The molecule has 2 aliphatic rings. The summed E-state index contributed by atoms with van der Waals surface area (Å²) in [5.41, 5.74) is 2.85. The molecule has 0 radical (unpaired) electrons. The first-order chi connectivity index (χ1) is 11.7. The standard InChI is InChI=1S/C20H19NO3/c1-24-16-8-6-13(7-9-16)12-21-15-10-14-4-2-3-5-17(14)20(23)19(21)18(22)11-15/h2-9,15,19H,10-12H2,1H3/t15-,19-/m1/s1. The van der Waals surface area contributed by atoms with Gasteiger partial charge in [-0.1, -0.05) is 36.4 Å². The van der Waals surface area contributed by atoms with Gasteiger partial charge in [-0.3, -0.25) is 14.5 Å². The predicted molar refractivity (Wildman–Crippen MR) is 90.2 cm³/mol. The number of hydrogen-bond acceptors (Lipinski definition) is 4. The van der Waals surface area contributed by atoms with E-state index in [4.69, 9.17) is 4.74 Å². The number of rotatable bonds is 3. The Balaban J connectivity index is 1.67. The van der Waals surface area contributed by atoms with E-state index in [1.54, 1.807) is 7.11 Å². The number of methoxy groups -OCH3 is 1. The maximum atomic E-state index is 12.9. The summed E-state index contributed by atoms with van der Waals surface area (Å²) in [4.78, 5) is 27.4. The van der Waals surface area contributed by atoms with Crippen LogP contribution >= 0.6 is 0 Å². The van der Waals surface area contributed by atoms with Crippen molar-refractivity contribution in [3.8, 4) is 5.75 Å². The summed E-state index contributed by atoms with van der Waals surface area (Å²) in [5, 5.41) is 0. The van der Waals surface area contributed by atoms with Crippen molar-refractivity contribution in [2.45, 2.75) is 31.5 Å². The average Bonchev–Trinajstić information content (AvgIpc) is 2.84. The smallest absolute Gasteiger partial charge is 0.187 e. The van der Waals surface area contributed by atoms with Gasteiger partial charge in [0.2, 0.25) is 0 Å². The first-order valence-electron chi connectivity index (χ1n) is 8.21. The van der Waals surface area contributed by atoms with Crippen LogP contribution in [0.4, 0.5) is 0 Å². The third-order valence-electron chi connectivity index (χ3n) is 5.05. The molecule has 0 aliphatic carbocycles. The van der Waals surface area contributed by atoms with E-state index in [1.807, 2.05) is 48.5 Å². The lowest BCUT2D eigenvalue weighted by Gasteiger charge is -2.26. The molecule has 0 unspecified atom stereocenters. The highest BCUT2D eigenvalue weighted by Crippen LogP contribution is 2.33. The van der Waals surface area contributed by atoms with Gasteiger partial charge in [0.25, 0.3) is 0 Å². The van der Waals surface area contributed by atoms with Gasteiger partial charge < -0.3 is 4.74 Å². The zero-order valence-corrected chi connectivity index (χ0v) is 13.6. The highest BCUT2D eigenvalue weighted by atomic mass is 16.5. The Bertz CT molecular complexity index is 797. The van der Waals surface area contributed by atoms with E-state index < -0.39 is 6.04 Å². The highest BCUT2D eigenvalue weighted by molar-refractivity contribution is 6.16. The molecule has 0 amide bonds. The van der Waals surface area contributed by atoms with Crippen LogP contribution in [0.15, 0.2) is 48.5 Å². The van der Waals surface area contributed by atoms with E-state index in [-0.39, 0.29) is 17.6 Å². The lowest BCUT2D eigenvalue weighted by Crippen LogP contribution is -2.41. The van der Waals surface area contributed by atoms with Crippen molar-refractivity contribution in [1.29, 1.82) is 0 Å². The summed E-state index contributed by atoms with van der Waals surface area (Å²) < 4.78 is 5.19. The zero-order valence-electron chi connectivity index (χ0n) is 13.6. The van der Waals surface area contributed by atoms with Crippen LogP contribution in [0, 0.1) is 0 Å². The van der Waals surface area contributed by atoms with Crippen LogP contribution in [0.2, 0.25) is 0 Å². The van der Waals surface area contributed by atoms with E-state index in [2.05, 4.69) is 4.90 Å². The molecule has 0 N–H and O–H groups in total. The Hall–Kier alpha value is -2.46. The van der Waals surface area contributed by atoms with Gasteiger partial charge in [-0.15, -0.1) is 0 Å². The number of hydrogen-bond donors (Lipinski definition) is 0. The summed E-state index contributed by atoms with van der Waals surface area (Å²) in [6, 6.07) is 14.9. The molecule has 24 heavy (non-hydrogen) atoms. The summed E-state index contributed by atoms with van der Waals surface area (Å²) >= 11 is 0. The molecule has 2 aromatic rings. The molecule has 4 nitrogen and oxygen atoms in total. The maximum Gasteiger partial charge on any atom is 0.187 e. The number of Topliss-reactive ketones (excluding diaryl/α,β-unsaturated/α-hetero) is 2. The Morgan fingerprint density at radius 3 is 2.54 bits per heavy atom. The molecular formula is C20H19NO3. The van der Waals surface area contributed by atoms with Crippen molar-refractivity contribution >= 4 is 11.6 Å². The molecule has 2 heterocycles. The second-order valence-corrected chi connectivity index (χ2v) is 6.47. The number of ether oxygens (including phenoxy) is 1. The van der Waals surface area contributed by atoms with Crippen LogP contribution in [0.5, 0.6) is 5.75 Å². The number of carbonyl (C=O) groups is 2. The van der Waals surface area contributed by atoms with Crippen LogP contribution in [0.3, 0.4) is 0 Å². The van der Waals surface area contributed by atoms with E-state index in [1.165, 1.54) is 0 Å². The van der Waals surface area contributed by atoms with E-state index >= 15 is 0 Å². The minimum Gasteiger partial charge on any atom is -0.497 e. The van der Waals surface area contributed by atoms with Crippen LogP contribution in [0.1, 0.15) is 27.9 Å². The third kappa shape index (κ3) is 2.43. The number of ketones is 2. The van der Waals surface area contributed by atoms with Gasteiger partial charge in [-0.05, 0) is 29.7 Å². The van der Waals surface area contributed by atoms with Gasteiger partial charge in [0, 0.05) is 24.6 Å². The van der Waals surface area contributed by atoms with Crippen molar-refractivity contribution in [3.05, 3.63) is 65.2 Å². The summed E-state index contributed by atoms with van der Waals surface area (Å²) in [7, 11) is 1.64. The zero-order chi connectivity index (χ0) is 16.7. The summed E-state index contributed by atoms with van der Waals surface area (Å²) in [5.74, 6) is 0.800. The molecule has 1 saturated heterocycles. The molecule has 0 saturated carbocycles. The van der Waals surface area contributed by atoms with Gasteiger partial charge in [0.05, 0.1) is 7.11 Å². The second kappa shape index (κ2) is 5.87. The molecule has 2 atom stereocenters. The Labute approximate surface area is 141 Å². The normalized spacial score (nSPS) is 23.0. The van der Waals surface area contributed by atoms with E-state index in [9.17, 15) is 9.59 Å². The molecule has 122 valence electrons. The Morgan fingerprint density at radius 1 is 1.04 bits per heavy atom. The van der Waals surface area contributed by atoms with Gasteiger partial charge >= 0.3 is 0 Å². The van der Waals surface area contributed by atoms with E-state index in [0.717, 1.165) is 23.3 Å². The van der Waals surface area contributed by atoms with Crippen LogP contribution in [-0.4, -0.2) is 35.7 Å². The molecular weight excluding hydrogens is 302 g/mol. The molecule has 0 spiro atoms. The topological polar surface area (TPSA) is 46.6 Å². The Kier molecular flexibility index (Phi) is 3.69.